The van der Waals surface area contributed by atoms with E-state index in [-0.39, 0.29) is 17.0 Å². The number of rotatable bonds is 7. The van der Waals surface area contributed by atoms with Crippen molar-refractivity contribution in [3.8, 4) is 0 Å². The SMILES string of the molecule is C/C=C/CCNS(=O)(=O)c1cc(C(=O)O)ccc1CC. The Morgan fingerprint density at radius 1 is 1.40 bits per heavy atom. The number of nitrogens with one attached hydrogen (secondary N) is 1. The van der Waals surface area contributed by atoms with Crippen molar-refractivity contribution in [1.82, 2.24) is 4.72 Å². The fourth-order valence-corrected chi connectivity index (χ4v) is 3.13. The van der Waals surface area contributed by atoms with Crippen LogP contribution in [0.2, 0.25) is 0 Å². The van der Waals surface area contributed by atoms with Gasteiger partial charge in [0.05, 0.1) is 10.5 Å². The molecule has 0 atom stereocenters. The zero-order valence-corrected chi connectivity index (χ0v) is 12.4. The second kappa shape index (κ2) is 7.21. The maximum Gasteiger partial charge on any atom is 0.335 e. The summed E-state index contributed by atoms with van der Waals surface area (Å²) in [5.41, 5.74) is 0.574. The average molecular weight is 297 g/mol. The first-order chi connectivity index (χ1) is 9.42. The van der Waals surface area contributed by atoms with Crippen molar-refractivity contribution in [2.45, 2.75) is 31.6 Å². The lowest BCUT2D eigenvalue weighted by atomic mass is 10.1. The van der Waals surface area contributed by atoms with Crippen molar-refractivity contribution < 1.29 is 18.3 Å². The Kier molecular flexibility index (Phi) is 5.91. The Bertz CT molecular complexity index is 606. The molecule has 0 radical (unpaired) electrons. The maximum atomic E-state index is 12.2. The van der Waals surface area contributed by atoms with Gasteiger partial charge in [-0.2, -0.15) is 0 Å². The predicted molar refractivity (Wildman–Crippen MR) is 77.4 cm³/mol. The van der Waals surface area contributed by atoms with Gasteiger partial charge in [0.25, 0.3) is 0 Å². The van der Waals surface area contributed by atoms with Gasteiger partial charge >= 0.3 is 5.97 Å². The normalized spacial score (nSPS) is 11.9. The average Bonchev–Trinajstić information content (AvgIpc) is 2.42. The first-order valence-corrected chi connectivity index (χ1v) is 7.87. The molecule has 0 saturated heterocycles. The molecule has 0 fully saturated rings. The van der Waals surface area contributed by atoms with Crippen molar-refractivity contribution >= 4 is 16.0 Å². The molecule has 5 nitrogen and oxygen atoms in total. The third-order valence-electron chi connectivity index (χ3n) is 2.82. The fraction of sp³-hybridized carbons (Fsp3) is 0.357. The van der Waals surface area contributed by atoms with Gasteiger partial charge < -0.3 is 5.11 Å². The van der Waals surface area contributed by atoms with Crippen LogP contribution in [0.3, 0.4) is 0 Å². The Labute approximate surface area is 119 Å². The molecule has 1 rings (SSSR count). The van der Waals surface area contributed by atoms with Crippen LogP contribution in [0, 0.1) is 0 Å². The van der Waals surface area contributed by atoms with Gasteiger partial charge in [-0.15, -0.1) is 0 Å². The Hall–Kier alpha value is -1.66. The third-order valence-corrected chi connectivity index (χ3v) is 4.37. The van der Waals surface area contributed by atoms with Crippen LogP contribution in [0.5, 0.6) is 0 Å². The molecule has 0 spiro atoms. The van der Waals surface area contributed by atoms with Crippen LogP contribution in [0.15, 0.2) is 35.2 Å². The number of carboxylic acids is 1. The van der Waals surface area contributed by atoms with E-state index in [0.29, 0.717) is 18.4 Å². The highest BCUT2D eigenvalue weighted by Crippen LogP contribution is 2.18. The van der Waals surface area contributed by atoms with E-state index in [2.05, 4.69) is 4.72 Å². The van der Waals surface area contributed by atoms with Gasteiger partial charge in [0, 0.05) is 6.54 Å². The van der Waals surface area contributed by atoms with Crippen LogP contribution in [0.4, 0.5) is 0 Å². The number of aryl methyl sites for hydroxylation is 1. The summed E-state index contributed by atoms with van der Waals surface area (Å²) in [6.07, 6.45) is 4.81. The van der Waals surface area contributed by atoms with E-state index in [9.17, 15) is 13.2 Å². The number of aromatic carboxylic acids is 1. The van der Waals surface area contributed by atoms with Crippen molar-refractivity contribution in [3.05, 3.63) is 41.5 Å². The summed E-state index contributed by atoms with van der Waals surface area (Å²) < 4.78 is 26.9. The number of hydrogen-bond acceptors (Lipinski definition) is 3. The summed E-state index contributed by atoms with van der Waals surface area (Å²) in [5.74, 6) is -1.14. The lowest BCUT2D eigenvalue weighted by Gasteiger charge is -2.11. The zero-order valence-electron chi connectivity index (χ0n) is 11.6. The van der Waals surface area contributed by atoms with Gasteiger partial charge in [-0.25, -0.2) is 17.9 Å². The molecule has 0 bridgehead atoms. The van der Waals surface area contributed by atoms with E-state index < -0.39 is 16.0 Å². The van der Waals surface area contributed by atoms with Gasteiger partial charge in [0.1, 0.15) is 0 Å². The standard InChI is InChI=1S/C14H19NO4S/c1-3-5-6-9-15-20(18,19)13-10-12(14(16)17)8-7-11(13)4-2/h3,5,7-8,10,15H,4,6,9H2,1-2H3,(H,16,17)/b5-3+. The van der Waals surface area contributed by atoms with E-state index >= 15 is 0 Å². The number of carbonyl (C=O) groups is 1. The lowest BCUT2D eigenvalue weighted by Crippen LogP contribution is -2.25. The van der Waals surface area contributed by atoms with E-state index in [1.165, 1.54) is 12.1 Å². The molecule has 0 heterocycles. The molecule has 2 N–H and O–H groups in total. The molecule has 0 saturated carbocycles. The van der Waals surface area contributed by atoms with Gasteiger partial charge in [0.15, 0.2) is 0 Å². The minimum absolute atomic E-state index is 0.0315. The minimum atomic E-state index is -3.69. The second-order valence-electron chi connectivity index (χ2n) is 4.24. The number of benzene rings is 1. The number of hydrogen-bond donors (Lipinski definition) is 2. The molecule has 1 aromatic rings. The van der Waals surface area contributed by atoms with E-state index in [0.717, 1.165) is 0 Å². The molecule has 0 aliphatic carbocycles. The van der Waals surface area contributed by atoms with Crippen molar-refractivity contribution in [2.75, 3.05) is 6.54 Å². The Morgan fingerprint density at radius 3 is 2.65 bits per heavy atom. The molecule has 0 aliphatic rings. The first-order valence-electron chi connectivity index (χ1n) is 6.39. The number of carboxylic acid groups (broad SMARTS) is 1. The topological polar surface area (TPSA) is 83.5 Å². The Morgan fingerprint density at radius 2 is 2.10 bits per heavy atom. The van der Waals surface area contributed by atoms with E-state index in [4.69, 9.17) is 5.11 Å². The van der Waals surface area contributed by atoms with Gasteiger partial charge in [0.2, 0.25) is 10.0 Å². The van der Waals surface area contributed by atoms with Crippen LogP contribution in [-0.4, -0.2) is 26.0 Å². The second-order valence-corrected chi connectivity index (χ2v) is 5.97. The summed E-state index contributed by atoms with van der Waals surface area (Å²) in [4.78, 5) is 11.0. The summed E-state index contributed by atoms with van der Waals surface area (Å²) in [7, 11) is -3.69. The molecule has 0 aliphatic heterocycles. The van der Waals surface area contributed by atoms with E-state index in [1.807, 2.05) is 26.0 Å². The van der Waals surface area contributed by atoms with Gasteiger partial charge in [-0.3, -0.25) is 0 Å². The quantitative estimate of drug-likeness (QED) is 0.597. The van der Waals surface area contributed by atoms with Crippen molar-refractivity contribution in [3.63, 3.8) is 0 Å². The van der Waals surface area contributed by atoms with Crippen molar-refractivity contribution in [2.24, 2.45) is 0 Å². The first kappa shape index (κ1) is 16.4. The monoisotopic (exact) mass is 297 g/mol. The van der Waals surface area contributed by atoms with Crippen molar-refractivity contribution in [1.29, 1.82) is 0 Å². The summed E-state index contributed by atoms with van der Waals surface area (Å²) in [5, 5.41) is 8.96. The third kappa shape index (κ3) is 4.18. The smallest absolute Gasteiger partial charge is 0.335 e. The minimum Gasteiger partial charge on any atom is -0.478 e. The highest BCUT2D eigenvalue weighted by atomic mass is 32.2. The number of sulfonamides is 1. The van der Waals surface area contributed by atoms with Crippen LogP contribution >= 0.6 is 0 Å². The Balaban J connectivity index is 3.08. The summed E-state index contributed by atoms with van der Waals surface area (Å²) in [6, 6.07) is 4.17. The molecule has 0 unspecified atom stereocenters. The van der Waals surface area contributed by atoms with Crippen LogP contribution in [0.1, 0.15) is 36.2 Å². The lowest BCUT2D eigenvalue weighted by molar-refractivity contribution is 0.0696. The highest BCUT2D eigenvalue weighted by Gasteiger charge is 2.19. The molecule has 0 aromatic heterocycles. The zero-order chi connectivity index (χ0) is 15.2. The fourth-order valence-electron chi connectivity index (χ4n) is 1.75. The highest BCUT2D eigenvalue weighted by molar-refractivity contribution is 7.89. The largest absolute Gasteiger partial charge is 0.478 e. The molecule has 0 amide bonds. The maximum absolute atomic E-state index is 12.2. The molecular formula is C14H19NO4S. The number of allylic oxidation sites excluding steroid dienone is 1. The molecular weight excluding hydrogens is 278 g/mol. The van der Waals surface area contributed by atoms with Gasteiger partial charge in [-0.05, 0) is 37.5 Å². The molecule has 6 heteroatoms. The van der Waals surface area contributed by atoms with Crippen LogP contribution in [0.25, 0.3) is 0 Å². The predicted octanol–water partition coefficient (Wildman–Crippen LogP) is 2.19. The van der Waals surface area contributed by atoms with Gasteiger partial charge in [-0.1, -0.05) is 25.1 Å². The summed E-state index contributed by atoms with van der Waals surface area (Å²) in [6.45, 7) is 3.97. The molecule has 20 heavy (non-hydrogen) atoms. The molecule has 110 valence electrons. The van der Waals surface area contributed by atoms with Crippen LogP contribution < -0.4 is 4.72 Å². The van der Waals surface area contributed by atoms with E-state index in [1.54, 1.807) is 6.07 Å². The van der Waals surface area contributed by atoms with Crippen LogP contribution in [-0.2, 0) is 16.4 Å². The summed E-state index contributed by atoms with van der Waals surface area (Å²) >= 11 is 0. The molecule has 1 aromatic carbocycles.